The Bertz CT molecular complexity index is 685. The molecule has 1 aliphatic rings. The predicted molar refractivity (Wildman–Crippen MR) is 77.9 cm³/mol. The Morgan fingerprint density at radius 3 is 2.90 bits per heavy atom. The number of nitrogens with zero attached hydrogens (tertiary/aromatic N) is 2. The summed E-state index contributed by atoms with van der Waals surface area (Å²) >= 11 is 0. The molecule has 1 unspecified atom stereocenters. The summed E-state index contributed by atoms with van der Waals surface area (Å²) in [5, 5.41) is 13.5. The van der Waals surface area contributed by atoms with Gasteiger partial charge >= 0.3 is 5.97 Å². The van der Waals surface area contributed by atoms with E-state index in [4.69, 9.17) is 4.74 Å². The number of aryl methyl sites for hydroxylation is 1. The van der Waals surface area contributed by atoms with Gasteiger partial charge in [0.05, 0.1) is 17.5 Å². The van der Waals surface area contributed by atoms with Crippen molar-refractivity contribution >= 4 is 5.97 Å². The zero-order chi connectivity index (χ0) is 15.0. The van der Waals surface area contributed by atoms with Crippen molar-refractivity contribution in [2.45, 2.75) is 32.8 Å². The topological polar surface area (TPSA) is 64.4 Å². The van der Waals surface area contributed by atoms with E-state index >= 15 is 0 Å². The van der Waals surface area contributed by atoms with Gasteiger partial charge in [-0.15, -0.1) is 0 Å². The lowest BCUT2D eigenvalue weighted by Crippen LogP contribution is -2.09. The van der Waals surface area contributed by atoms with Gasteiger partial charge in [0.25, 0.3) is 0 Å². The van der Waals surface area contributed by atoms with Crippen LogP contribution < -0.4 is 0 Å². The lowest BCUT2D eigenvalue weighted by Gasteiger charge is -2.15. The van der Waals surface area contributed by atoms with E-state index in [-0.39, 0.29) is 11.8 Å². The van der Waals surface area contributed by atoms with Crippen molar-refractivity contribution in [2.75, 3.05) is 6.61 Å². The molecule has 1 aromatic heterocycles. The molecule has 1 aliphatic heterocycles. The Balaban J connectivity index is 2.15. The fourth-order valence-corrected chi connectivity index (χ4v) is 2.70. The van der Waals surface area contributed by atoms with Gasteiger partial charge in [-0.25, -0.2) is 9.48 Å². The highest BCUT2D eigenvalue weighted by molar-refractivity contribution is 5.85. The van der Waals surface area contributed by atoms with Crippen molar-refractivity contribution in [1.82, 2.24) is 9.78 Å². The molecule has 1 atom stereocenters. The minimum absolute atomic E-state index is 0.0569. The van der Waals surface area contributed by atoms with E-state index in [9.17, 15) is 9.90 Å². The first kappa shape index (κ1) is 13.8. The third-order valence-corrected chi connectivity index (χ3v) is 4.02. The molecule has 0 bridgehead atoms. The molecule has 5 nitrogen and oxygen atoms in total. The molecule has 0 radical (unpaired) electrons. The van der Waals surface area contributed by atoms with Crippen molar-refractivity contribution in [1.29, 1.82) is 0 Å². The SMILES string of the molecule is Cc1cccc(-n2nc(C(=O)O)cc2C2CCCO2)c1C. The van der Waals surface area contributed by atoms with E-state index in [0.29, 0.717) is 6.61 Å². The summed E-state index contributed by atoms with van der Waals surface area (Å²) in [4.78, 5) is 11.2. The molecule has 2 aromatic rings. The van der Waals surface area contributed by atoms with Gasteiger partial charge in [0.1, 0.15) is 0 Å². The van der Waals surface area contributed by atoms with Gasteiger partial charge in [0.15, 0.2) is 5.69 Å². The molecule has 0 saturated carbocycles. The van der Waals surface area contributed by atoms with Crippen LogP contribution in [0.3, 0.4) is 0 Å². The second-order valence-corrected chi connectivity index (χ2v) is 5.39. The zero-order valence-corrected chi connectivity index (χ0v) is 12.2. The molecule has 2 heterocycles. The number of rotatable bonds is 3. The minimum atomic E-state index is -1.02. The van der Waals surface area contributed by atoms with Crippen LogP contribution in [-0.4, -0.2) is 27.5 Å². The Hall–Kier alpha value is -2.14. The summed E-state index contributed by atoms with van der Waals surface area (Å²) in [6, 6.07) is 7.57. The molecule has 110 valence electrons. The first-order chi connectivity index (χ1) is 10.1. The van der Waals surface area contributed by atoms with Crippen LogP contribution in [0.1, 0.15) is 46.3 Å². The summed E-state index contributed by atoms with van der Waals surface area (Å²) in [7, 11) is 0. The van der Waals surface area contributed by atoms with Gasteiger partial charge in [0.2, 0.25) is 0 Å². The summed E-state index contributed by atoms with van der Waals surface area (Å²) < 4.78 is 7.43. The molecule has 1 saturated heterocycles. The standard InChI is InChI=1S/C16H18N2O3/c1-10-5-3-6-13(11(10)2)18-14(15-7-4-8-21-15)9-12(17-18)16(19)20/h3,5-6,9,15H,4,7-8H2,1-2H3,(H,19,20). The molecule has 1 aromatic carbocycles. The third kappa shape index (κ3) is 2.45. The van der Waals surface area contributed by atoms with Crippen molar-refractivity contribution < 1.29 is 14.6 Å². The maximum atomic E-state index is 11.2. The Labute approximate surface area is 123 Å². The van der Waals surface area contributed by atoms with Gasteiger partial charge < -0.3 is 9.84 Å². The molecular weight excluding hydrogens is 268 g/mol. The fraction of sp³-hybridized carbons (Fsp3) is 0.375. The van der Waals surface area contributed by atoms with Crippen LogP contribution in [0.4, 0.5) is 0 Å². The molecule has 1 N–H and O–H groups in total. The number of ether oxygens (including phenoxy) is 1. The van der Waals surface area contributed by atoms with E-state index in [1.807, 2.05) is 32.0 Å². The Kier molecular flexibility index (Phi) is 3.51. The van der Waals surface area contributed by atoms with Crippen LogP contribution in [0.15, 0.2) is 24.3 Å². The molecule has 21 heavy (non-hydrogen) atoms. The summed E-state index contributed by atoms with van der Waals surface area (Å²) in [6.45, 7) is 4.77. The maximum Gasteiger partial charge on any atom is 0.356 e. The van der Waals surface area contributed by atoms with Gasteiger partial charge in [-0.2, -0.15) is 5.10 Å². The van der Waals surface area contributed by atoms with E-state index in [2.05, 4.69) is 5.10 Å². The van der Waals surface area contributed by atoms with Crippen molar-refractivity contribution in [3.63, 3.8) is 0 Å². The number of carboxylic acid groups (broad SMARTS) is 1. The Morgan fingerprint density at radius 2 is 2.24 bits per heavy atom. The predicted octanol–water partition coefficient (Wildman–Crippen LogP) is 3.04. The lowest BCUT2D eigenvalue weighted by molar-refractivity contribution is 0.0690. The minimum Gasteiger partial charge on any atom is -0.476 e. The van der Waals surface area contributed by atoms with Crippen molar-refractivity contribution in [2.24, 2.45) is 0 Å². The number of aromatic nitrogens is 2. The maximum absolute atomic E-state index is 11.2. The van der Waals surface area contributed by atoms with Gasteiger partial charge in [0, 0.05) is 6.61 Å². The van der Waals surface area contributed by atoms with Crippen LogP contribution in [-0.2, 0) is 4.74 Å². The smallest absolute Gasteiger partial charge is 0.356 e. The number of hydrogen-bond donors (Lipinski definition) is 1. The highest BCUT2D eigenvalue weighted by Gasteiger charge is 2.25. The van der Waals surface area contributed by atoms with Crippen LogP contribution in [0.5, 0.6) is 0 Å². The average Bonchev–Trinajstić information content (AvgIpc) is 3.09. The van der Waals surface area contributed by atoms with Crippen LogP contribution in [0.2, 0.25) is 0 Å². The van der Waals surface area contributed by atoms with E-state index in [1.165, 1.54) is 0 Å². The largest absolute Gasteiger partial charge is 0.476 e. The highest BCUT2D eigenvalue weighted by Crippen LogP contribution is 2.31. The van der Waals surface area contributed by atoms with Gasteiger partial charge in [-0.3, -0.25) is 0 Å². The number of carbonyl (C=O) groups is 1. The van der Waals surface area contributed by atoms with Gasteiger partial charge in [-0.05, 0) is 49.9 Å². The summed E-state index contributed by atoms with van der Waals surface area (Å²) in [5.41, 5.74) is 4.03. The van der Waals surface area contributed by atoms with Crippen molar-refractivity contribution in [3.05, 3.63) is 46.8 Å². The lowest BCUT2D eigenvalue weighted by atomic mass is 10.1. The normalized spacial score (nSPS) is 18.1. The number of aromatic carboxylic acids is 1. The van der Waals surface area contributed by atoms with Crippen LogP contribution in [0.25, 0.3) is 5.69 Å². The first-order valence-corrected chi connectivity index (χ1v) is 7.09. The van der Waals surface area contributed by atoms with E-state index in [1.54, 1.807) is 10.7 Å². The second-order valence-electron chi connectivity index (χ2n) is 5.39. The summed E-state index contributed by atoms with van der Waals surface area (Å²) in [6.07, 6.45) is 1.81. The van der Waals surface area contributed by atoms with Gasteiger partial charge in [-0.1, -0.05) is 12.1 Å². The molecular formula is C16H18N2O3. The molecule has 3 rings (SSSR count). The first-order valence-electron chi connectivity index (χ1n) is 7.09. The fourth-order valence-electron chi connectivity index (χ4n) is 2.70. The van der Waals surface area contributed by atoms with Crippen LogP contribution >= 0.6 is 0 Å². The molecule has 0 amide bonds. The molecule has 0 aliphatic carbocycles. The highest BCUT2D eigenvalue weighted by atomic mass is 16.5. The Morgan fingerprint density at radius 1 is 1.43 bits per heavy atom. The molecule has 5 heteroatoms. The number of benzene rings is 1. The molecule has 0 spiro atoms. The second kappa shape index (κ2) is 5.33. The van der Waals surface area contributed by atoms with Crippen LogP contribution in [0, 0.1) is 13.8 Å². The molecule has 1 fully saturated rings. The monoisotopic (exact) mass is 286 g/mol. The quantitative estimate of drug-likeness (QED) is 0.942. The third-order valence-electron chi connectivity index (χ3n) is 4.02. The number of carboxylic acids is 1. The van der Waals surface area contributed by atoms with E-state index in [0.717, 1.165) is 35.3 Å². The van der Waals surface area contributed by atoms with Crippen molar-refractivity contribution in [3.8, 4) is 5.69 Å². The zero-order valence-electron chi connectivity index (χ0n) is 12.2. The summed E-state index contributed by atoms with van der Waals surface area (Å²) in [5.74, 6) is -1.02. The van der Waals surface area contributed by atoms with E-state index < -0.39 is 5.97 Å². The number of hydrogen-bond acceptors (Lipinski definition) is 3. The average molecular weight is 286 g/mol.